The summed E-state index contributed by atoms with van der Waals surface area (Å²) < 4.78 is 5.20. The Labute approximate surface area is 149 Å². The molecule has 26 heavy (non-hydrogen) atoms. The van der Waals surface area contributed by atoms with Crippen LogP contribution in [0.15, 0.2) is 70.3 Å². The van der Waals surface area contributed by atoms with Crippen molar-refractivity contribution in [3.05, 3.63) is 77.8 Å². The lowest BCUT2D eigenvalue weighted by Gasteiger charge is -2.04. The number of amides is 1. The number of aromatic carboxylic acids is 1. The summed E-state index contributed by atoms with van der Waals surface area (Å²) in [5, 5.41) is 14.8. The van der Waals surface area contributed by atoms with Crippen molar-refractivity contribution in [3.63, 3.8) is 0 Å². The largest absolute Gasteiger partial charge is 0.542 e. The van der Waals surface area contributed by atoms with E-state index < -0.39 is 11.9 Å². The van der Waals surface area contributed by atoms with Crippen molar-refractivity contribution in [2.75, 3.05) is 0 Å². The summed E-state index contributed by atoms with van der Waals surface area (Å²) in [5.74, 6) is -1.56. The molecule has 130 valence electrons. The number of nitrogens with zero attached hydrogens (tertiary/aromatic N) is 2. The van der Waals surface area contributed by atoms with Gasteiger partial charge in [0, 0.05) is 11.8 Å². The number of pyridine rings is 1. The SMILES string of the molecule is C/C(=N/NC(=O)c1ccccn1)c1ccc(-c2ccc(C(=O)[O-])o2)cc1. The highest BCUT2D eigenvalue weighted by atomic mass is 16.4. The van der Waals surface area contributed by atoms with Crippen LogP contribution in [0.2, 0.25) is 0 Å². The maximum atomic E-state index is 11.9. The molecule has 1 aromatic carbocycles. The summed E-state index contributed by atoms with van der Waals surface area (Å²) in [7, 11) is 0. The van der Waals surface area contributed by atoms with Gasteiger partial charge in [-0.25, -0.2) is 5.43 Å². The second-order valence-corrected chi connectivity index (χ2v) is 5.38. The zero-order valence-corrected chi connectivity index (χ0v) is 13.8. The first kappa shape index (κ1) is 17.1. The van der Waals surface area contributed by atoms with Crippen molar-refractivity contribution in [1.29, 1.82) is 0 Å². The molecule has 0 radical (unpaired) electrons. The number of furan rings is 1. The molecule has 3 aromatic rings. The average molecular weight is 348 g/mol. The van der Waals surface area contributed by atoms with E-state index in [2.05, 4.69) is 15.5 Å². The van der Waals surface area contributed by atoms with Crippen molar-refractivity contribution in [2.24, 2.45) is 5.10 Å². The minimum absolute atomic E-state index is 0.223. The molecule has 0 unspecified atom stereocenters. The van der Waals surface area contributed by atoms with Gasteiger partial charge in [0.25, 0.3) is 5.91 Å². The monoisotopic (exact) mass is 348 g/mol. The molecular formula is C19H14N3O4-. The average Bonchev–Trinajstić information content (AvgIpc) is 3.17. The predicted molar refractivity (Wildman–Crippen MR) is 92.4 cm³/mol. The van der Waals surface area contributed by atoms with Gasteiger partial charge in [0.15, 0.2) is 0 Å². The van der Waals surface area contributed by atoms with Crippen LogP contribution in [-0.4, -0.2) is 22.6 Å². The number of rotatable bonds is 5. The molecule has 0 saturated carbocycles. The van der Waals surface area contributed by atoms with Gasteiger partial charge in [-0.05, 0) is 36.8 Å². The minimum atomic E-state index is -1.36. The summed E-state index contributed by atoms with van der Waals surface area (Å²) in [6.07, 6.45) is 1.53. The molecule has 0 spiro atoms. The highest BCUT2D eigenvalue weighted by Crippen LogP contribution is 2.22. The Bertz CT molecular complexity index is 960. The van der Waals surface area contributed by atoms with Gasteiger partial charge in [-0.2, -0.15) is 5.10 Å². The van der Waals surface area contributed by atoms with E-state index in [9.17, 15) is 14.7 Å². The van der Waals surface area contributed by atoms with Crippen LogP contribution < -0.4 is 10.5 Å². The number of carboxylic acids is 1. The minimum Gasteiger partial charge on any atom is -0.542 e. The van der Waals surface area contributed by atoms with Gasteiger partial charge in [-0.1, -0.05) is 30.3 Å². The number of benzene rings is 1. The Kier molecular flexibility index (Phi) is 4.89. The van der Waals surface area contributed by atoms with Crippen molar-refractivity contribution in [3.8, 4) is 11.3 Å². The normalized spacial score (nSPS) is 11.2. The van der Waals surface area contributed by atoms with E-state index in [1.807, 2.05) is 0 Å². The fourth-order valence-corrected chi connectivity index (χ4v) is 2.23. The van der Waals surface area contributed by atoms with Crippen molar-refractivity contribution >= 4 is 17.6 Å². The summed E-state index contributed by atoms with van der Waals surface area (Å²) in [6, 6.07) is 15.1. The third-order valence-corrected chi connectivity index (χ3v) is 3.62. The molecule has 0 saturated heterocycles. The van der Waals surface area contributed by atoms with Crippen LogP contribution in [0.3, 0.4) is 0 Å². The molecule has 1 amide bonds. The molecule has 0 aliphatic rings. The lowest BCUT2D eigenvalue weighted by atomic mass is 10.1. The van der Waals surface area contributed by atoms with E-state index in [4.69, 9.17) is 4.42 Å². The van der Waals surface area contributed by atoms with E-state index in [1.54, 1.807) is 55.5 Å². The van der Waals surface area contributed by atoms with E-state index >= 15 is 0 Å². The maximum absolute atomic E-state index is 11.9. The van der Waals surface area contributed by atoms with Gasteiger partial charge in [-0.3, -0.25) is 9.78 Å². The predicted octanol–water partition coefficient (Wildman–Crippen LogP) is 1.86. The first-order valence-electron chi connectivity index (χ1n) is 7.72. The van der Waals surface area contributed by atoms with Gasteiger partial charge in [0.1, 0.15) is 23.2 Å². The first-order chi connectivity index (χ1) is 12.5. The Balaban J connectivity index is 1.71. The van der Waals surface area contributed by atoms with E-state index in [1.165, 1.54) is 12.3 Å². The second-order valence-electron chi connectivity index (χ2n) is 5.38. The standard InChI is InChI=1S/C19H15N3O4/c1-12(21-22-18(23)15-4-2-3-11-20-15)13-5-7-14(8-6-13)16-9-10-17(26-16)19(24)25/h2-11H,1H3,(H,22,23)(H,24,25)/p-1/b21-12-. The Hall–Kier alpha value is -3.74. The van der Waals surface area contributed by atoms with Gasteiger partial charge in [0.2, 0.25) is 0 Å². The molecule has 2 heterocycles. The molecule has 0 fully saturated rings. The molecular weight excluding hydrogens is 334 g/mol. The van der Waals surface area contributed by atoms with Crippen LogP contribution in [-0.2, 0) is 0 Å². The van der Waals surface area contributed by atoms with Crippen LogP contribution in [0.5, 0.6) is 0 Å². The van der Waals surface area contributed by atoms with Crippen LogP contribution in [0.4, 0.5) is 0 Å². The molecule has 0 bridgehead atoms. The lowest BCUT2D eigenvalue weighted by molar-refractivity contribution is -0.257. The zero-order valence-electron chi connectivity index (χ0n) is 13.8. The summed E-state index contributed by atoms with van der Waals surface area (Å²) >= 11 is 0. The van der Waals surface area contributed by atoms with Gasteiger partial charge in [-0.15, -0.1) is 0 Å². The Morgan fingerprint density at radius 2 is 1.85 bits per heavy atom. The second kappa shape index (κ2) is 7.43. The lowest BCUT2D eigenvalue weighted by Crippen LogP contribution is -2.21. The van der Waals surface area contributed by atoms with E-state index in [0.717, 1.165) is 5.56 Å². The van der Waals surface area contributed by atoms with Crippen LogP contribution in [0.1, 0.15) is 33.5 Å². The molecule has 3 rings (SSSR count). The van der Waals surface area contributed by atoms with Crippen molar-refractivity contribution in [1.82, 2.24) is 10.4 Å². The number of aromatic nitrogens is 1. The van der Waals surface area contributed by atoms with Gasteiger partial charge >= 0.3 is 0 Å². The van der Waals surface area contributed by atoms with Crippen LogP contribution in [0.25, 0.3) is 11.3 Å². The molecule has 2 aromatic heterocycles. The highest BCUT2D eigenvalue weighted by molar-refractivity contribution is 6.00. The molecule has 0 aliphatic heterocycles. The fourth-order valence-electron chi connectivity index (χ4n) is 2.23. The van der Waals surface area contributed by atoms with Crippen LogP contribution in [0, 0.1) is 0 Å². The molecule has 0 atom stereocenters. The maximum Gasteiger partial charge on any atom is 0.289 e. The van der Waals surface area contributed by atoms with Gasteiger partial charge < -0.3 is 14.3 Å². The number of carbonyl (C=O) groups is 2. The highest BCUT2D eigenvalue weighted by Gasteiger charge is 2.07. The number of hydrogen-bond acceptors (Lipinski definition) is 6. The number of hydrazone groups is 1. The van der Waals surface area contributed by atoms with Crippen LogP contribution >= 0.6 is 0 Å². The third-order valence-electron chi connectivity index (χ3n) is 3.62. The summed E-state index contributed by atoms with van der Waals surface area (Å²) in [4.78, 5) is 26.6. The topological polar surface area (TPSA) is 108 Å². The van der Waals surface area contributed by atoms with Crippen molar-refractivity contribution < 1.29 is 19.1 Å². The third kappa shape index (κ3) is 3.84. The van der Waals surface area contributed by atoms with Gasteiger partial charge in [0.05, 0.1) is 5.71 Å². The zero-order chi connectivity index (χ0) is 18.5. The number of carboxylic acid groups (broad SMARTS) is 1. The number of carbonyl (C=O) groups excluding carboxylic acids is 2. The molecule has 1 N–H and O–H groups in total. The number of hydrogen-bond donors (Lipinski definition) is 1. The van der Waals surface area contributed by atoms with Crippen molar-refractivity contribution in [2.45, 2.75) is 6.92 Å². The molecule has 0 aliphatic carbocycles. The Morgan fingerprint density at radius 1 is 1.08 bits per heavy atom. The summed E-state index contributed by atoms with van der Waals surface area (Å²) in [5.41, 5.74) is 4.85. The number of nitrogens with one attached hydrogen (secondary N) is 1. The Morgan fingerprint density at radius 3 is 2.46 bits per heavy atom. The molecule has 7 heteroatoms. The van der Waals surface area contributed by atoms with E-state index in [0.29, 0.717) is 17.0 Å². The fraction of sp³-hybridized carbons (Fsp3) is 0.0526. The molecule has 7 nitrogen and oxygen atoms in total. The first-order valence-corrected chi connectivity index (χ1v) is 7.72. The smallest absolute Gasteiger partial charge is 0.289 e. The summed E-state index contributed by atoms with van der Waals surface area (Å²) in [6.45, 7) is 1.76. The van der Waals surface area contributed by atoms with E-state index in [-0.39, 0.29) is 11.5 Å². The quantitative estimate of drug-likeness (QED) is 0.559.